The van der Waals surface area contributed by atoms with E-state index < -0.39 is 0 Å². The first-order chi connectivity index (χ1) is 27.8. The van der Waals surface area contributed by atoms with E-state index in [-0.39, 0.29) is 0 Å². The normalized spacial score (nSPS) is 12.9. The molecule has 0 bridgehead atoms. The van der Waals surface area contributed by atoms with Crippen molar-refractivity contribution in [3.05, 3.63) is 170 Å². The van der Waals surface area contributed by atoms with E-state index >= 15 is 0 Å². The minimum atomic E-state index is 0.592. The van der Waals surface area contributed by atoms with Gasteiger partial charge in [0.2, 0.25) is 11.3 Å². The molecule has 0 N–H and O–H groups in total. The van der Waals surface area contributed by atoms with Crippen molar-refractivity contribution in [2.45, 2.75) is 0 Å². The van der Waals surface area contributed by atoms with E-state index in [1.807, 2.05) is 109 Å². The first-order valence-corrected chi connectivity index (χ1v) is 18.3. The van der Waals surface area contributed by atoms with Gasteiger partial charge in [-0.1, -0.05) is 109 Å². The fraction of sp³-hybridized carbons (Fsp3) is 0. The van der Waals surface area contributed by atoms with E-state index in [4.69, 9.17) is 29.9 Å². The summed E-state index contributed by atoms with van der Waals surface area (Å²) in [6.45, 7) is 0. The molecule has 0 saturated carbocycles. The summed E-state index contributed by atoms with van der Waals surface area (Å²) >= 11 is 0. The van der Waals surface area contributed by atoms with E-state index in [2.05, 4.69) is 79.3 Å². The zero-order valence-corrected chi connectivity index (χ0v) is 29.6. The third-order valence-electron chi connectivity index (χ3n) is 10.5. The lowest BCUT2D eigenvalue weighted by Crippen LogP contribution is -2.21. The topological polar surface area (TPSA) is 85.3 Å². The van der Waals surface area contributed by atoms with Crippen LogP contribution in [0.2, 0.25) is 0 Å². The summed E-state index contributed by atoms with van der Waals surface area (Å²) in [4.78, 5) is 4.58. The van der Waals surface area contributed by atoms with Crippen LogP contribution in [0.3, 0.4) is 0 Å². The first kappa shape index (κ1) is 30.5. The number of aromatic nitrogens is 6. The number of nitrogens with zero attached hydrogens (tertiary/aromatic N) is 8. The van der Waals surface area contributed by atoms with Gasteiger partial charge in [0.15, 0.2) is 34.6 Å². The number of hydrogen-bond acceptors (Lipinski definition) is 8. The predicted octanol–water partition coefficient (Wildman–Crippen LogP) is 11.4. The van der Waals surface area contributed by atoms with Crippen molar-refractivity contribution in [2.24, 2.45) is 0 Å². The maximum atomic E-state index is 6.54. The number of fused-ring (bicyclic) bond motifs is 10. The second-order valence-corrected chi connectivity index (χ2v) is 13.7. The molecule has 56 heavy (non-hydrogen) atoms. The standard InChI is InChI=1S/C46H28N8O2/c1-3-15-29(16-4-1)43-47-49-45-46-50-48-44(30-17-5-2-6-18-30)54(46)38-28-36(52-33-21-9-13-25-41(33)56-42-26-14-10-22-34(42)52)35(27-37(38)53(43)45)51-31-19-7-11-23-39(31)55-40-24-12-8-20-32(40)51/h1-28H. The summed E-state index contributed by atoms with van der Waals surface area (Å²) in [6.07, 6.45) is 0. The molecule has 10 heteroatoms. The quantitative estimate of drug-likeness (QED) is 0.177. The van der Waals surface area contributed by atoms with Crippen LogP contribution in [-0.4, -0.2) is 29.2 Å². The highest BCUT2D eigenvalue weighted by atomic mass is 16.5. The lowest BCUT2D eigenvalue weighted by atomic mass is 10.1. The van der Waals surface area contributed by atoms with Crippen LogP contribution < -0.4 is 19.3 Å². The Morgan fingerprint density at radius 1 is 0.321 bits per heavy atom. The van der Waals surface area contributed by atoms with Gasteiger partial charge in [0, 0.05) is 11.1 Å². The molecule has 264 valence electrons. The van der Waals surface area contributed by atoms with E-state index in [9.17, 15) is 0 Å². The molecule has 7 aromatic carbocycles. The van der Waals surface area contributed by atoms with Crippen LogP contribution in [-0.2, 0) is 0 Å². The smallest absolute Gasteiger partial charge is 0.207 e. The van der Waals surface area contributed by atoms with Crippen LogP contribution >= 0.6 is 0 Å². The summed E-state index contributed by atoms with van der Waals surface area (Å²) < 4.78 is 17.3. The van der Waals surface area contributed by atoms with Crippen molar-refractivity contribution < 1.29 is 9.47 Å². The molecular weight excluding hydrogens is 697 g/mol. The highest BCUT2D eigenvalue weighted by Crippen LogP contribution is 2.57. The van der Waals surface area contributed by atoms with E-state index in [0.717, 1.165) is 79.3 Å². The Morgan fingerprint density at radius 2 is 0.643 bits per heavy atom. The summed E-state index contributed by atoms with van der Waals surface area (Å²) in [5.41, 5.74) is 10.2. The molecular formula is C46H28N8O2. The van der Waals surface area contributed by atoms with Crippen LogP contribution in [0.5, 0.6) is 23.0 Å². The second-order valence-electron chi connectivity index (χ2n) is 13.7. The van der Waals surface area contributed by atoms with Crippen LogP contribution in [0.15, 0.2) is 170 Å². The van der Waals surface area contributed by atoms with Gasteiger partial charge in [-0.15, -0.1) is 20.4 Å². The zero-order chi connectivity index (χ0) is 36.7. The number of anilines is 6. The molecule has 0 spiro atoms. The van der Waals surface area contributed by atoms with Crippen molar-refractivity contribution in [1.82, 2.24) is 29.2 Å². The van der Waals surface area contributed by atoms with Crippen molar-refractivity contribution in [1.29, 1.82) is 0 Å². The van der Waals surface area contributed by atoms with E-state index in [1.165, 1.54) is 0 Å². The predicted molar refractivity (Wildman–Crippen MR) is 217 cm³/mol. The average Bonchev–Trinajstić information content (AvgIpc) is 3.91. The number of ether oxygens (including phenoxy) is 2. The number of benzene rings is 7. The minimum Gasteiger partial charge on any atom is -0.453 e. The highest BCUT2D eigenvalue weighted by Gasteiger charge is 2.34. The van der Waals surface area contributed by atoms with Crippen molar-refractivity contribution in [2.75, 3.05) is 9.80 Å². The number of para-hydroxylation sites is 8. The van der Waals surface area contributed by atoms with E-state index in [0.29, 0.717) is 22.9 Å². The van der Waals surface area contributed by atoms with Crippen molar-refractivity contribution >= 4 is 56.5 Å². The highest BCUT2D eigenvalue weighted by molar-refractivity contribution is 6.03. The van der Waals surface area contributed by atoms with Crippen LogP contribution in [0.1, 0.15) is 0 Å². The molecule has 0 unspecified atom stereocenters. The summed E-state index contributed by atoms with van der Waals surface area (Å²) in [5.74, 6) is 4.39. The Bertz CT molecular complexity index is 2870. The molecule has 12 rings (SSSR count). The second kappa shape index (κ2) is 11.8. The molecule has 0 fully saturated rings. The van der Waals surface area contributed by atoms with Crippen LogP contribution in [0.4, 0.5) is 34.1 Å². The molecule has 3 aromatic heterocycles. The number of hydrogen-bond donors (Lipinski definition) is 0. The fourth-order valence-corrected chi connectivity index (χ4v) is 8.06. The summed E-state index contributed by atoms with van der Waals surface area (Å²) in [7, 11) is 0. The Hall–Kier alpha value is -7.98. The molecule has 0 radical (unpaired) electrons. The van der Waals surface area contributed by atoms with Gasteiger partial charge in [-0.25, -0.2) is 0 Å². The molecule has 2 aliphatic heterocycles. The molecule has 0 saturated heterocycles. The third-order valence-corrected chi connectivity index (χ3v) is 10.5. The lowest BCUT2D eigenvalue weighted by Gasteiger charge is -2.38. The summed E-state index contributed by atoms with van der Waals surface area (Å²) in [6, 6.07) is 57.4. The van der Waals surface area contributed by atoms with Crippen LogP contribution in [0, 0.1) is 0 Å². The van der Waals surface area contributed by atoms with Gasteiger partial charge in [-0.05, 0) is 60.7 Å². The molecule has 5 heterocycles. The first-order valence-electron chi connectivity index (χ1n) is 18.3. The zero-order valence-electron chi connectivity index (χ0n) is 29.6. The molecule has 0 aliphatic carbocycles. The maximum absolute atomic E-state index is 6.54. The Labute approximate surface area is 319 Å². The maximum Gasteiger partial charge on any atom is 0.207 e. The molecule has 0 amide bonds. The molecule has 0 atom stereocenters. The number of rotatable bonds is 4. The van der Waals surface area contributed by atoms with E-state index in [1.54, 1.807) is 0 Å². The largest absolute Gasteiger partial charge is 0.453 e. The van der Waals surface area contributed by atoms with Gasteiger partial charge in [-0.3, -0.25) is 8.80 Å². The van der Waals surface area contributed by atoms with Gasteiger partial charge >= 0.3 is 0 Å². The monoisotopic (exact) mass is 724 g/mol. The Morgan fingerprint density at radius 3 is 1.00 bits per heavy atom. The molecule has 10 nitrogen and oxygen atoms in total. The lowest BCUT2D eigenvalue weighted by molar-refractivity contribution is 0.476. The van der Waals surface area contributed by atoms with Gasteiger partial charge in [0.25, 0.3) is 0 Å². The van der Waals surface area contributed by atoms with Crippen molar-refractivity contribution in [3.63, 3.8) is 0 Å². The van der Waals surface area contributed by atoms with Crippen molar-refractivity contribution in [3.8, 4) is 45.8 Å². The molecule has 2 aliphatic rings. The SMILES string of the molecule is c1ccc(-c2nnc3c4nnc(-c5ccccc5)n4c4cc(N5c6ccccc6Oc6ccccc65)c(N5c6ccccc6Oc6ccccc65)cc4n23)cc1. The summed E-state index contributed by atoms with van der Waals surface area (Å²) in [5, 5.41) is 19.2. The Balaban J connectivity index is 1.28. The van der Waals surface area contributed by atoms with Crippen LogP contribution in [0.25, 0.3) is 45.1 Å². The Kier molecular flexibility index (Phi) is 6.40. The minimum absolute atomic E-state index is 0.592. The average molecular weight is 725 g/mol. The van der Waals surface area contributed by atoms with Gasteiger partial charge in [0.05, 0.1) is 45.2 Å². The third kappa shape index (κ3) is 4.37. The fourth-order valence-electron chi connectivity index (χ4n) is 8.06. The van der Waals surface area contributed by atoms with Gasteiger partial charge in [-0.2, -0.15) is 0 Å². The molecule has 10 aromatic rings. The van der Waals surface area contributed by atoms with Gasteiger partial charge < -0.3 is 19.3 Å². The van der Waals surface area contributed by atoms with Gasteiger partial charge in [0.1, 0.15) is 0 Å².